The minimum atomic E-state index is -0.536. The SMILES string of the molecule is CCC1CCC(O)(CNCc2cn(C(C)(C)C)nn2)CC1. The highest BCUT2D eigenvalue weighted by molar-refractivity contribution is 4.95. The molecule has 0 amide bonds. The van der Waals surface area contributed by atoms with Crippen molar-refractivity contribution >= 4 is 0 Å². The van der Waals surface area contributed by atoms with Gasteiger partial charge in [0.15, 0.2) is 0 Å². The summed E-state index contributed by atoms with van der Waals surface area (Å²) in [5, 5.41) is 22.3. The maximum Gasteiger partial charge on any atom is 0.0965 e. The molecule has 1 fully saturated rings. The molecule has 21 heavy (non-hydrogen) atoms. The van der Waals surface area contributed by atoms with E-state index >= 15 is 0 Å². The topological polar surface area (TPSA) is 63.0 Å². The molecule has 5 heteroatoms. The van der Waals surface area contributed by atoms with Crippen molar-refractivity contribution in [2.45, 2.75) is 77.5 Å². The number of hydrogen-bond donors (Lipinski definition) is 2. The first-order chi connectivity index (χ1) is 9.82. The molecule has 2 rings (SSSR count). The molecule has 1 aromatic heterocycles. The molecule has 1 heterocycles. The maximum atomic E-state index is 10.6. The second-order valence-electron chi connectivity index (χ2n) is 7.50. The second-order valence-corrected chi connectivity index (χ2v) is 7.50. The first kappa shape index (κ1) is 16.4. The minimum Gasteiger partial charge on any atom is -0.389 e. The van der Waals surface area contributed by atoms with Gasteiger partial charge in [-0.15, -0.1) is 5.10 Å². The third-order valence-corrected chi connectivity index (χ3v) is 4.60. The average Bonchev–Trinajstić information content (AvgIpc) is 2.88. The Kier molecular flexibility index (Phi) is 5.04. The van der Waals surface area contributed by atoms with Crippen molar-refractivity contribution in [3.63, 3.8) is 0 Å². The molecule has 0 bridgehead atoms. The summed E-state index contributed by atoms with van der Waals surface area (Å²) in [6.45, 7) is 9.86. The summed E-state index contributed by atoms with van der Waals surface area (Å²) in [6.07, 6.45) is 7.33. The van der Waals surface area contributed by atoms with E-state index in [1.54, 1.807) is 0 Å². The Bertz CT molecular complexity index is 441. The molecular formula is C16H30N4O. The third-order valence-electron chi connectivity index (χ3n) is 4.60. The quantitative estimate of drug-likeness (QED) is 0.875. The minimum absolute atomic E-state index is 0.0397. The number of aliphatic hydroxyl groups is 1. The molecule has 0 aromatic carbocycles. The number of hydrogen-bond acceptors (Lipinski definition) is 4. The molecule has 1 saturated carbocycles. The third kappa shape index (κ3) is 4.51. The summed E-state index contributed by atoms with van der Waals surface area (Å²) < 4.78 is 1.88. The van der Waals surface area contributed by atoms with Crippen molar-refractivity contribution in [2.24, 2.45) is 5.92 Å². The van der Waals surface area contributed by atoms with Crippen LogP contribution in [0.5, 0.6) is 0 Å². The Morgan fingerprint density at radius 3 is 2.57 bits per heavy atom. The van der Waals surface area contributed by atoms with Crippen LogP contribution in [0.4, 0.5) is 0 Å². The zero-order valence-corrected chi connectivity index (χ0v) is 13.9. The zero-order valence-electron chi connectivity index (χ0n) is 13.9. The number of rotatable bonds is 5. The average molecular weight is 294 g/mol. The van der Waals surface area contributed by atoms with E-state index in [9.17, 15) is 5.11 Å². The van der Waals surface area contributed by atoms with Gasteiger partial charge in [0.2, 0.25) is 0 Å². The lowest BCUT2D eigenvalue weighted by molar-refractivity contribution is -0.00886. The largest absolute Gasteiger partial charge is 0.389 e. The molecule has 120 valence electrons. The van der Waals surface area contributed by atoms with Gasteiger partial charge < -0.3 is 10.4 Å². The first-order valence-corrected chi connectivity index (χ1v) is 8.17. The lowest BCUT2D eigenvalue weighted by Gasteiger charge is -2.35. The molecule has 0 radical (unpaired) electrons. The lowest BCUT2D eigenvalue weighted by Crippen LogP contribution is -2.43. The van der Waals surface area contributed by atoms with E-state index in [-0.39, 0.29) is 5.54 Å². The fourth-order valence-corrected chi connectivity index (χ4v) is 2.93. The molecule has 1 aliphatic rings. The smallest absolute Gasteiger partial charge is 0.0965 e. The molecule has 0 saturated heterocycles. The van der Waals surface area contributed by atoms with Crippen LogP contribution in [0.25, 0.3) is 0 Å². The monoisotopic (exact) mass is 294 g/mol. The van der Waals surface area contributed by atoms with Gasteiger partial charge in [0.1, 0.15) is 0 Å². The molecule has 1 aliphatic carbocycles. The van der Waals surface area contributed by atoms with Gasteiger partial charge >= 0.3 is 0 Å². The van der Waals surface area contributed by atoms with E-state index in [0.717, 1.165) is 37.3 Å². The predicted octanol–water partition coefficient (Wildman–Crippen LogP) is 2.45. The standard InChI is InChI=1S/C16H30N4O/c1-5-13-6-8-16(21,9-7-13)12-17-10-14-11-20(19-18-14)15(2,3)4/h11,13,17,21H,5-10,12H2,1-4H3. The Morgan fingerprint density at radius 2 is 2.05 bits per heavy atom. The van der Waals surface area contributed by atoms with Gasteiger partial charge in [-0.25, -0.2) is 4.68 Å². The predicted molar refractivity (Wildman–Crippen MR) is 83.9 cm³/mol. The number of aromatic nitrogens is 3. The summed E-state index contributed by atoms with van der Waals surface area (Å²) in [6, 6.07) is 0. The Hall–Kier alpha value is -0.940. The van der Waals surface area contributed by atoms with Gasteiger partial charge in [0.05, 0.1) is 23.0 Å². The van der Waals surface area contributed by atoms with Crippen molar-refractivity contribution in [1.82, 2.24) is 20.3 Å². The molecular weight excluding hydrogens is 264 g/mol. The highest BCUT2D eigenvalue weighted by atomic mass is 16.3. The van der Waals surface area contributed by atoms with Crippen LogP contribution in [-0.4, -0.2) is 32.2 Å². The number of nitrogens with zero attached hydrogens (tertiary/aromatic N) is 3. The van der Waals surface area contributed by atoms with Crippen molar-refractivity contribution in [1.29, 1.82) is 0 Å². The van der Waals surface area contributed by atoms with Gasteiger partial charge in [-0.3, -0.25) is 0 Å². The van der Waals surface area contributed by atoms with Crippen LogP contribution in [0, 0.1) is 5.92 Å². The normalized spacial score (nSPS) is 27.0. The van der Waals surface area contributed by atoms with E-state index in [4.69, 9.17) is 0 Å². The molecule has 5 nitrogen and oxygen atoms in total. The van der Waals surface area contributed by atoms with E-state index in [2.05, 4.69) is 43.3 Å². The molecule has 2 N–H and O–H groups in total. The van der Waals surface area contributed by atoms with Crippen molar-refractivity contribution in [3.8, 4) is 0 Å². The van der Waals surface area contributed by atoms with Crippen LogP contribution in [0.15, 0.2) is 6.20 Å². The van der Waals surface area contributed by atoms with Gasteiger partial charge in [0, 0.05) is 13.1 Å². The van der Waals surface area contributed by atoms with Gasteiger partial charge in [-0.2, -0.15) is 0 Å². The second kappa shape index (κ2) is 6.44. The van der Waals surface area contributed by atoms with Crippen LogP contribution in [0.1, 0.15) is 65.5 Å². The lowest BCUT2D eigenvalue weighted by atomic mass is 9.78. The Morgan fingerprint density at radius 1 is 1.38 bits per heavy atom. The molecule has 0 aliphatic heterocycles. The van der Waals surface area contributed by atoms with E-state index in [1.807, 2.05) is 10.9 Å². The Balaban J connectivity index is 1.78. The highest BCUT2D eigenvalue weighted by Crippen LogP contribution is 2.33. The highest BCUT2D eigenvalue weighted by Gasteiger charge is 2.32. The van der Waals surface area contributed by atoms with Crippen molar-refractivity contribution < 1.29 is 5.11 Å². The van der Waals surface area contributed by atoms with E-state index in [0.29, 0.717) is 13.1 Å². The van der Waals surface area contributed by atoms with Gasteiger partial charge in [-0.1, -0.05) is 18.6 Å². The van der Waals surface area contributed by atoms with Crippen LogP contribution in [0.2, 0.25) is 0 Å². The van der Waals surface area contributed by atoms with Crippen molar-refractivity contribution in [3.05, 3.63) is 11.9 Å². The number of nitrogens with one attached hydrogen (secondary N) is 1. The molecule has 0 spiro atoms. The van der Waals surface area contributed by atoms with Crippen LogP contribution >= 0.6 is 0 Å². The fraction of sp³-hybridized carbons (Fsp3) is 0.875. The fourth-order valence-electron chi connectivity index (χ4n) is 2.93. The maximum absolute atomic E-state index is 10.6. The van der Waals surface area contributed by atoms with Crippen LogP contribution < -0.4 is 5.32 Å². The van der Waals surface area contributed by atoms with Crippen LogP contribution in [-0.2, 0) is 12.1 Å². The van der Waals surface area contributed by atoms with E-state index in [1.165, 1.54) is 6.42 Å². The van der Waals surface area contributed by atoms with Crippen molar-refractivity contribution in [2.75, 3.05) is 6.54 Å². The summed E-state index contributed by atoms with van der Waals surface area (Å²) in [5.74, 6) is 0.803. The van der Waals surface area contributed by atoms with Gasteiger partial charge in [-0.05, 0) is 52.4 Å². The molecule has 0 unspecified atom stereocenters. The first-order valence-electron chi connectivity index (χ1n) is 8.17. The summed E-state index contributed by atoms with van der Waals surface area (Å²) in [5.41, 5.74) is 0.351. The summed E-state index contributed by atoms with van der Waals surface area (Å²) in [7, 11) is 0. The van der Waals surface area contributed by atoms with Crippen LogP contribution in [0.3, 0.4) is 0 Å². The summed E-state index contributed by atoms with van der Waals surface area (Å²) >= 11 is 0. The molecule has 1 aromatic rings. The Labute approximate surface area is 128 Å². The van der Waals surface area contributed by atoms with Gasteiger partial charge in [0.25, 0.3) is 0 Å². The zero-order chi connectivity index (χ0) is 15.5. The summed E-state index contributed by atoms with van der Waals surface area (Å²) in [4.78, 5) is 0. The molecule has 0 atom stereocenters. The van der Waals surface area contributed by atoms with E-state index < -0.39 is 5.60 Å².